The standard InChI is InChI=1S/C26H25FN4O6S2/c1-4-15(2)30-39(35,36)22-14-18(28-24(32)21-6-5-13-38-21)9-12-20(22)37-25-16(3)23(26(33)34)29-31(25)19-10-7-17(27)8-11-19/h5-15,30H,4H2,1-3H3,(H,28,32)(H,33,34)/t15-/m0/s1. The van der Waals surface area contributed by atoms with Crippen LogP contribution in [-0.2, 0) is 10.0 Å². The van der Waals surface area contributed by atoms with Crippen molar-refractivity contribution in [2.45, 2.75) is 38.1 Å². The average Bonchev–Trinajstić information content (AvgIpc) is 3.54. The maximum atomic E-state index is 13.5. The van der Waals surface area contributed by atoms with Crippen LogP contribution < -0.4 is 14.8 Å². The van der Waals surface area contributed by atoms with Crippen LogP contribution in [-0.4, -0.2) is 41.2 Å². The number of sulfonamides is 1. The molecular weight excluding hydrogens is 547 g/mol. The molecule has 0 saturated carbocycles. The Hall–Kier alpha value is -4.07. The third kappa shape index (κ3) is 6.16. The minimum atomic E-state index is -4.16. The Balaban J connectivity index is 1.82. The fourth-order valence-electron chi connectivity index (χ4n) is 3.56. The maximum absolute atomic E-state index is 13.5. The largest absolute Gasteiger partial charge is 0.476 e. The predicted molar refractivity (Wildman–Crippen MR) is 144 cm³/mol. The number of carbonyl (C=O) groups is 2. The average molecular weight is 573 g/mol. The molecule has 10 nitrogen and oxygen atoms in total. The zero-order valence-electron chi connectivity index (χ0n) is 21.1. The smallest absolute Gasteiger partial charge is 0.356 e. The number of thiophene rings is 1. The highest BCUT2D eigenvalue weighted by atomic mass is 32.2. The maximum Gasteiger partial charge on any atom is 0.356 e. The summed E-state index contributed by atoms with van der Waals surface area (Å²) in [4.78, 5) is 24.6. The number of amides is 1. The van der Waals surface area contributed by atoms with Crippen LogP contribution in [0.4, 0.5) is 10.1 Å². The second-order valence-corrected chi connectivity index (χ2v) is 11.2. The molecule has 2 aromatic heterocycles. The molecule has 3 N–H and O–H groups in total. The van der Waals surface area contributed by atoms with Gasteiger partial charge in [0.1, 0.15) is 16.5 Å². The molecule has 4 rings (SSSR count). The van der Waals surface area contributed by atoms with E-state index in [0.29, 0.717) is 17.0 Å². The van der Waals surface area contributed by atoms with Gasteiger partial charge in [-0.2, -0.15) is 9.78 Å². The van der Waals surface area contributed by atoms with Crippen LogP contribution in [0.15, 0.2) is 64.9 Å². The molecule has 0 spiro atoms. The Labute approximate surface area is 228 Å². The first kappa shape index (κ1) is 28.0. The van der Waals surface area contributed by atoms with Crippen molar-refractivity contribution in [3.63, 3.8) is 0 Å². The predicted octanol–water partition coefficient (Wildman–Crippen LogP) is 5.20. The molecule has 0 saturated heterocycles. The molecule has 0 bridgehead atoms. The first-order valence-corrected chi connectivity index (χ1v) is 14.1. The van der Waals surface area contributed by atoms with E-state index in [1.54, 1.807) is 24.4 Å². The normalized spacial score (nSPS) is 12.2. The molecule has 0 radical (unpaired) electrons. The summed E-state index contributed by atoms with van der Waals surface area (Å²) in [6.45, 7) is 4.99. The molecule has 0 unspecified atom stereocenters. The Bertz CT molecular complexity index is 1620. The second-order valence-electron chi connectivity index (χ2n) is 8.60. The van der Waals surface area contributed by atoms with E-state index in [9.17, 15) is 27.5 Å². The quantitative estimate of drug-likeness (QED) is 0.237. The lowest BCUT2D eigenvalue weighted by molar-refractivity contribution is 0.0689. The van der Waals surface area contributed by atoms with Crippen molar-refractivity contribution in [1.29, 1.82) is 0 Å². The summed E-state index contributed by atoms with van der Waals surface area (Å²) in [5.41, 5.74) is 0.306. The monoisotopic (exact) mass is 572 g/mol. The van der Waals surface area contributed by atoms with E-state index in [1.165, 1.54) is 60.7 Å². The van der Waals surface area contributed by atoms with E-state index >= 15 is 0 Å². The lowest BCUT2D eigenvalue weighted by Crippen LogP contribution is -2.32. The van der Waals surface area contributed by atoms with Crippen molar-refractivity contribution in [2.24, 2.45) is 0 Å². The van der Waals surface area contributed by atoms with Gasteiger partial charge in [0.15, 0.2) is 5.69 Å². The lowest BCUT2D eigenvalue weighted by Gasteiger charge is -2.17. The Morgan fingerprint density at radius 1 is 1.18 bits per heavy atom. The van der Waals surface area contributed by atoms with Crippen molar-refractivity contribution >= 4 is 38.9 Å². The Kier molecular flexibility index (Phi) is 8.14. The number of nitrogens with zero attached hydrogens (tertiary/aromatic N) is 2. The SMILES string of the molecule is CC[C@H](C)NS(=O)(=O)c1cc(NC(=O)c2cccs2)ccc1Oc1c(C)c(C(=O)O)nn1-c1ccc(F)cc1. The summed E-state index contributed by atoms with van der Waals surface area (Å²) in [5, 5.41) is 18.2. The minimum Gasteiger partial charge on any atom is -0.476 e. The van der Waals surface area contributed by atoms with Crippen LogP contribution in [0.25, 0.3) is 5.69 Å². The third-order valence-corrected chi connectivity index (χ3v) is 8.23. The van der Waals surface area contributed by atoms with Gasteiger partial charge in [0.05, 0.1) is 10.6 Å². The van der Waals surface area contributed by atoms with Gasteiger partial charge >= 0.3 is 5.97 Å². The van der Waals surface area contributed by atoms with Crippen LogP contribution >= 0.6 is 11.3 Å². The molecule has 4 aromatic rings. The van der Waals surface area contributed by atoms with Gasteiger partial charge in [0.25, 0.3) is 5.91 Å². The number of carbonyl (C=O) groups excluding carboxylic acids is 1. The summed E-state index contributed by atoms with van der Waals surface area (Å²) in [6.07, 6.45) is 0.517. The van der Waals surface area contributed by atoms with Crippen LogP contribution in [0, 0.1) is 12.7 Å². The van der Waals surface area contributed by atoms with Crippen LogP contribution in [0.1, 0.15) is 46.0 Å². The van der Waals surface area contributed by atoms with Crippen LogP contribution in [0.3, 0.4) is 0 Å². The number of rotatable bonds is 10. The molecule has 39 heavy (non-hydrogen) atoms. The number of hydrogen-bond donors (Lipinski definition) is 3. The number of anilines is 1. The Morgan fingerprint density at radius 3 is 2.51 bits per heavy atom. The first-order valence-electron chi connectivity index (χ1n) is 11.8. The lowest BCUT2D eigenvalue weighted by atomic mass is 10.2. The second kappa shape index (κ2) is 11.4. The number of nitrogens with one attached hydrogen (secondary N) is 2. The zero-order chi connectivity index (χ0) is 28.3. The molecule has 2 heterocycles. The third-order valence-electron chi connectivity index (χ3n) is 5.75. The number of aromatic carboxylic acids is 1. The molecule has 1 atom stereocenters. The van der Waals surface area contributed by atoms with Gasteiger partial charge < -0.3 is 15.2 Å². The number of aromatic nitrogens is 2. The topological polar surface area (TPSA) is 140 Å². The van der Waals surface area contributed by atoms with Crippen LogP contribution in [0.2, 0.25) is 0 Å². The highest BCUT2D eigenvalue weighted by Gasteiger charge is 2.27. The highest BCUT2D eigenvalue weighted by Crippen LogP contribution is 2.35. The van der Waals surface area contributed by atoms with E-state index in [4.69, 9.17) is 4.74 Å². The summed E-state index contributed by atoms with van der Waals surface area (Å²) in [5.74, 6) is -2.45. The molecule has 204 valence electrons. The van der Waals surface area contributed by atoms with Crippen molar-refractivity contribution < 1.29 is 32.2 Å². The molecule has 13 heteroatoms. The number of ether oxygens (including phenoxy) is 1. The van der Waals surface area contributed by atoms with Gasteiger partial charge in [0, 0.05) is 17.3 Å². The van der Waals surface area contributed by atoms with Gasteiger partial charge in [-0.05, 0) is 74.2 Å². The van der Waals surface area contributed by atoms with Gasteiger partial charge in [-0.1, -0.05) is 13.0 Å². The zero-order valence-corrected chi connectivity index (χ0v) is 22.8. The van der Waals surface area contributed by atoms with Crippen molar-refractivity contribution in [2.75, 3.05) is 5.32 Å². The highest BCUT2D eigenvalue weighted by molar-refractivity contribution is 7.89. The first-order chi connectivity index (χ1) is 18.5. The van der Waals surface area contributed by atoms with E-state index in [2.05, 4.69) is 15.1 Å². The van der Waals surface area contributed by atoms with Gasteiger partial charge in [0.2, 0.25) is 15.9 Å². The molecule has 0 aliphatic rings. The Morgan fingerprint density at radius 2 is 1.90 bits per heavy atom. The fraction of sp³-hybridized carbons (Fsp3) is 0.192. The minimum absolute atomic E-state index is 0.0747. The molecule has 0 fully saturated rings. The van der Waals surface area contributed by atoms with E-state index in [1.807, 2.05) is 6.92 Å². The molecule has 0 aliphatic heterocycles. The van der Waals surface area contributed by atoms with Gasteiger partial charge in [-0.15, -0.1) is 11.3 Å². The number of carboxylic acid groups (broad SMARTS) is 1. The number of carboxylic acids is 1. The van der Waals surface area contributed by atoms with Crippen molar-refractivity contribution in [3.8, 4) is 17.3 Å². The summed E-state index contributed by atoms with van der Waals surface area (Å²) in [6, 6.07) is 12.2. The summed E-state index contributed by atoms with van der Waals surface area (Å²) in [7, 11) is -4.16. The summed E-state index contributed by atoms with van der Waals surface area (Å²) >= 11 is 1.23. The van der Waals surface area contributed by atoms with Crippen molar-refractivity contribution in [1.82, 2.24) is 14.5 Å². The summed E-state index contributed by atoms with van der Waals surface area (Å²) < 4.78 is 50.1. The van der Waals surface area contributed by atoms with Crippen LogP contribution in [0.5, 0.6) is 11.6 Å². The number of hydrogen-bond acceptors (Lipinski definition) is 7. The van der Waals surface area contributed by atoms with Gasteiger partial charge in [-0.25, -0.2) is 22.3 Å². The van der Waals surface area contributed by atoms with E-state index in [0.717, 1.165) is 4.68 Å². The number of halogens is 1. The number of benzene rings is 2. The molecule has 0 aliphatic carbocycles. The van der Waals surface area contributed by atoms with E-state index in [-0.39, 0.29) is 33.5 Å². The molecular formula is C26H25FN4O6S2. The van der Waals surface area contributed by atoms with Crippen molar-refractivity contribution in [3.05, 3.63) is 81.9 Å². The fourth-order valence-corrected chi connectivity index (χ4v) is 5.66. The molecule has 2 aromatic carbocycles. The molecule has 1 amide bonds. The van der Waals surface area contributed by atoms with Gasteiger partial charge in [-0.3, -0.25) is 4.79 Å². The van der Waals surface area contributed by atoms with E-state index < -0.39 is 33.8 Å².